The molecular weight excluding hydrogens is 526 g/mol. The summed E-state index contributed by atoms with van der Waals surface area (Å²) in [6.45, 7) is 5.68. The number of benzene rings is 1. The number of amides is 3. The van der Waals surface area contributed by atoms with Crippen molar-refractivity contribution in [1.29, 1.82) is 0 Å². The van der Waals surface area contributed by atoms with Crippen molar-refractivity contribution in [3.8, 4) is 0 Å². The lowest BCUT2D eigenvalue weighted by atomic mass is 9.88. The third kappa shape index (κ3) is 6.50. The lowest BCUT2D eigenvalue weighted by Crippen LogP contribution is -2.42. The summed E-state index contributed by atoms with van der Waals surface area (Å²) in [6.07, 6.45) is 11.6. The molecule has 40 heavy (non-hydrogen) atoms. The largest absolute Gasteiger partial charge is 0.343 e. The Hall–Kier alpha value is -2.97. The zero-order chi connectivity index (χ0) is 28.1. The molecule has 1 aliphatic carbocycles. The molecule has 214 valence electrons. The maximum atomic E-state index is 13.7. The molecule has 0 unspecified atom stereocenters. The highest BCUT2D eigenvalue weighted by atomic mass is 35.5. The van der Waals surface area contributed by atoms with Crippen LogP contribution in [0.1, 0.15) is 75.1 Å². The molecule has 1 aromatic heterocycles. The third-order valence-corrected chi connectivity index (χ3v) is 8.93. The van der Waals surface area contributed by atoms with E-state index in [0.29, 0.717) is 39.6 Å². The molecule has 1 aromatic carbocycles. The Kier molecular flexibility index (Phi) is 9.37. The van der Waals surface area contributed by atoms with Gasteiger partial charge in [-0.2, -0.15) is 0 Å². The molecule has 3 amide bonds. The van der Waals surface area contributed by atoms with E-state index in [1.807, 2.05) is 0 Å². The molecule has 8 nitrogen and oxygen atoms in total. The number of hydrogen-bond acceptors (Lipinski definition) is 5. The second kappa shape index (κ2) is 13.1. The monoisotopic (exact) mass is 565 g/mol. The summed E-state index contributed by atoms with van der Waals surface area (Å²) in [4.78, 5) is 49.9. The molecular formula is C31H40ClN5O3. The predicted octanol–water partition coefficient (Wildman–Crippen LogP) is 5.89. The highest BCUT2D eigenvalue weighted by Crippen LogP contribution is 2.37. The fourth-order valence-corrected chi connectivity index (χ4v) is 6.58. The van der Waals surface area contributed by atoms with Gasteiger partial charge in [-0.1, -0.05) is 30.9 Å². The number of halogens is 1. The van der Waals surface area contributed by atoms with Gasteiger partial charge in [0.05, 0.1) is 23.5 Å². The number of aromatic nitrogens is 1. The van der Waals surface area contributed by atoms with E-state index in [2.05, 4.69) is 27.0 Å². The molecule has 1 saturated carbocycles. The van der Waals surface area contributed by atoms with Crippen molar-refractivity contribution in [1.82, 2.24) is 14.8 Å². The van der Waals surface area contributed by atoms with Crippen molar-refractivity contribution in [2.75, 3.05) is 42.9 Å². The summed E-state index contributed by atoms with van der Waals surface area (Å²) < 4.78 is 0. The molecule has 0 atom stereocenters. The topological polar surface area (TPSA) is 85.8 Å². The van der Waals surface area contributed by atoms with Crippen LogP contribution in [0.15, 0.2) is 36.5 Å². The summed E-state index contributed by atoms with van der Waals surface area (Å²) in [5, 5.41) is 3.30. The van der Waals surface area contributed by atoms with E-state index >= 15 is 0 Å². The highest BCUT2D eigenvalue weighted by molar-refractivity contribution is 6.31. The maximum Gasteiger partial charge on any atom is 0.257 e. The van der Waals surface area contributed by atoms with Crippen molar-refractivity contribution in [3.05, 3.63) is 47.1 Å². The van der Waals surface area contributed by atoms with Gasteiger partial charge in [-0.05, 0) is 94.8 Å². The zero-order valence-corrected chi connectivity index (χ0v) is 24.2. The van der Waals surface area contributed by atoms with Crippen LogP contribution in [0.25, 0.3) is 0 Å². The number of hydrogen-bond donors (Lipinski definition) is 1. The molecule has 3 heterocycles. The van der Waals surface area contributed by atoms with E-state index in [-0.39, 0.29) is 24.3 Å². The van der Waals surface area contributed by atoms with Gasteiger partial charge < -0.3 is 10.2 Å². The number of pyridine rings is 1. The zero-order valence-electron chi connectivity index (χ0n) is 23.4. The molecule has 3 aliphatic rings. The minimum absolute atomic E-state index is 0.127. The minimum Gasteiger partial charge on any atom is -0.343 e. The van der Waals surface area contributed by atoms with Gasteiger partial charge in [-0.3, -0.25) is 24.2 Å². The number of piperidine rings is 1. The van der Waals surface area contributed by atoms with Crippen LogP contribution in [0.2, 0.25) is 5.02 Å². The van der Waals surface area contributed by atoms with Crippen LogP contribution >= 0.6 is 11.6 Å². The maximum absolute atomic E-state index is 13.7. The molecule has 1 saturated heterocycles. The lowest BCUT2D eigenvalue weighted by molar-refractivity contribution is -0.136. The Balaban J connectivity index is 1.15. The normalized spacial score (nSPS) is 18.4. The van der Waals surface area contributed by atoms with Gasteiger partial charge in [-0.25, -0.2) is 4.98 Å². The van der Waals surface area contributed by atoms with Gasteiger partial charge >= 0.3 is 0 Å². The molecule has 1 N–H and O–H groups in total. The van der Waals surface area contributed by atoms with E-state index < -0.39 is 0 Å². The summed E-state index contributed by atoms with van der Waals surface area (Å²) in [5.41, 5.74) is 1.33. The standard InChI is InChI=1S/C31H40ClN5O3/c1-2-36(31(40)23-9-4-3-5-10-23)17-7-8-22-14-18-35(19-15-22)21-28(38)37-27-13-12-24(32)20-25(27)30(39)34-26-11-6-16-33-29(26)37/h6,11-13,16,20,22-23H,2-5,7-10,14-15,17-19,21H2,1H3,(H,34,39). The number of carbonyl (C=O) groups excluding carboxylic acids is 3. The highest BCUT2D eigenvalue weighted by Gasteiger charge is 2.32. The van der Waals surface area contributed by atoms with Crippen molar-refractivity contribution < 1.29 is 14.4 Å². The first kappa shape index (κ1) is 28.6. The fourth-order valence-electron chi connectivity index (χ4n) is 6.41. The lowest BCUT2D eigenvalue weighted by Gasteiger charge is -2.33. The Morgan fingerprint density at radius 1 is 1.10 bits per heavy atom. The Bertz CT molecular complexity index is 1220. The number of fused-ring (bicyclic) bond motifs is 2. The number of likely N-dealkylation sites (tertiary alicyclic amines) is 1. The summed E-state index contributed by atoms with van der Waals surface area (Å²) in [5.74, 6) is 1.18. The fraction of sp³-hybridized carbons (Fsp3) is 0.548. The average Bonchev–Trinajstić information content (AvgIpc) is 3.10. The molecule has 2 fully saturated rings. The molecule has 0 bridgehead atoms. The Morgan fingerprint density at radius 2 is 1.88 bits per heavy atom. The first-order valence-electron chi connectivity index (χ1n) is 14.8. The van der Waals surface area contributed by atoms with Crippen molar-refractivity contribution in [2.45, 2.75) is 64.7 Å². The molecule has 0 radical (unpaired) electrons. The number of carbonyl (C=O) groups is 3. The minimum atomic E-state index is -0.315. The van der Waals surface area contributed by atoms with Crippen LogP contribution in [0.5, 0.6) is 0 Å². The predicted molar refractivity (Wildman–Crippen MR) is 158 cm³/mol. The SMILES string of the molecule is CCN(CCCC1CCN(CC(=O)N2c3ccc(Cl)cc3C(=O)Nc3cccnc32)CC1)C(=O)C1CCCCC1. The van der Waals surface area contributed by atoms with Gasteiger partial charge in [-0.15, -0.1) is 0 Å². The van der Waals surface area contributed by atoms with E-state index in [1.54, 1.807) is 41.4 Å². The quantitative estimate of drug-likeness (QED) is 0.431. The van der Waals surface area contributed by atoms with Crippen LogP contribution in [0.4, 0.5) is 17.2 Å². The van der Waals surface area contributed by atoms with Gasteiger partial charge in [0.15, 0.2) is 5.82 Å². The summed E-state index contributed by atoms with van der Waals surface area (Å²) >= 11 is 6.19. The van der Waals surface area contributed by atoms with Crippen LogP contribution < -0.4 is 10.2 Å². The van der Waals surface area contributed by atoms with Gasteiger partial charge in [0.25, 0.3) is 5.91 Å². The van der Waals surface area contributed by atoms with E-state index in [1.165, 1.54) is 19.3 Å². The number of nitrogens with one attached hydrogen (secondary N) is 1. The number of nitrogens with zero attached hydrogens (tertiary/aromatic N) is 4. The van der Waals surface area contributed by atoms with Crippen LogP contribution in [-0.2, 0) is 9.59 Å². The molecule has 5 rings (SSSR count). The van der Waals surface area contributed by atoms with Crippen LogP contribution in [-0.4, -0.2) is 65.2 Å². The number of anilines is 3. The molecule has 2 aromatic rings. The molecule has 0 spiro atoms. The van der Waals surface area contributed by atoms with Gasteiger partial charge in [0.2, 0.25) is 11.8 Å². The number of rotatable bonds is 8. The van der Waals surface area contributed by atoms with Crippen LogP contribution in [0.3, 0.4) is 0 Å². The second-order valence-corrected chi connectivity index (χ2v) is 11.8. The molecule has 2 aliphatic heterocycles. The average molecular weight is 566 g/mol. The Morgan fingerprint density at radius 3 is 2.62 bits per heavy atom. The van der Waals surface area contributed by atoms with Crippen molar-refractivity contribution in [2.24, 2.45) is 11.8 Å². The van der Waals surface area contributed by atoms with Crippen molar-refractivity contribution in [3.63, 3.8) is 0 Å². The van der Waals surface area contributed by atoms with E-state index in [9.17, 15) is 14.4 Å². The van der Waals surface area contributed by atoms with Crippen LogP contribution in [0, 0.1) is 11.8 Å². The summed E-state index contributed by atoms with van der Waals surface area (Å²) in [7, 11) is 0. The van der Waals surface area contributed by atoms with Crippen molar-refractivity contribution >= 4 is 46.5 Å². The third-order valence-electron chi connectivity index (χ3n) is 8.69. The van der Waals surface area contributed by atoms with E-state index in [4.69, 9.17) is 11.6 Å². The second-order valence-electron chi connectivity index (χ2n) is 11.3. The summed E-state index contributed by atoms with van der Waals surface area (Å²) in [6, 6.07) is 8.48. The first-order valence-corrected chi connectivity index (χ1v) is 15.2. The first-order chi connectivity index (χ1) is 19.4. The molecule has 9 heteroatoms. The van der Waals surface area contributed by atoms with Gasteiger partial charge in [0, 0.05) is 30.2 Å². The van der Waals surface area contributed by atoms with Gasteiger partial charge in [0.1, 0.15) is 0 Å². The smallest absolute Gasteiger partial charge is 0.257 e. The van der Waals surface area contributed by atoms with E-state index in [0.717, 1.165) is 64.7 Å². The Labute approximate surface area is 242 Å².